The van der Waals surface area contributed by atoms with Crippen molar-refractivity contribution in [1.82, 2.24) is 14.7 Å². The molecule has 10 heteroatoms. The lowest BCUT2D eigenvalue weighted by molar-refractivity contribution is -0.175. The summed E-state index contributed by atoms with van der Waals surface area (Å²) in [6, 6.07) is 8.43. The maximum Gasteiger partial charge on any atom is 0.330 e. The van der Waals surface area contributed by atoms with Crippen LogP contribution in [-0.4, -0.2) is 93.5 Å². The highest BCUT2D eigenvalue weighted by atomic mass is 32.2. The second-order valence-corrected chi connectivity index (χ2v) is 10.6. The number of aliphatic hydroxyl groups is 1. The van der Waals surface area contributed by atoms with E-state index in [1.54, 1.807) is 14.1 Å². The summed E-state index contributed by atoms with van der Waals surface area (Å²) in [7, 11) is 4.54. The van der Waals surface area contributed by atoms with Crippen molar-refractivity contribution >= 4 is 35.5 Å². The van der Waals surface area contributed by atoms with Gasteiger partial charge in [-0.25, -0.2) is 4.79 Å². The number of hydrogen-bond acceptors (Lipinski definition) is 7. The van der Waals surface area contributed by atoms with Crippen LogP contribution in [0.1, 0.15) is 19.4 Å². The van der Waals surface area contributed by atoms with Crippen molar-refractivity contribution in [3.63, 3.8) is 0 Å². The zero-order chi connectivity index (χ0) is 23.8. The Hall–Kier alpha value is -2.59. The van der Waals surface area contributed by atoms with Crippen LogP contribution < -0.4 is 0 Å². The smallest absolute Gasteiger partial charge is 0.330 e. The summed E-state index contributed by atoms with van der Waals surface area (Å²) in [6.07, 6.45) is -1.59. The standard InChI is InChI=1S/C22H29N3O6S/c1-22(2)17(21(30)31-12-13-9-7-6-8-10-13)25-18(28)15(20(25)32-22)16(27)19(29)24(5)11-14(26)23(3)4/h6-10,15-17,20,27H,11-12H2,1-5H3/t15-,16+,17+,20-/m1/s1. The highest BCUT2D eigenvalue weighted by Crippen LogP contribution is 2.54. The molecular weight excluding hydrogens is 434 g/mol. The number of esters is 1. The minimum Gasteiger partial charge on any atom is -0.459 e. The van der Waals surface area contributed by atoms with Crippen LogP contribution in [0, 0.1) is 5.92 Å². The van der Waals surface area contributed by atoms with Gasteiger partial charge in [-0.05, 0) is 19.4 Å². The van der Waals surface area contributed by atoms with Gasteiger partial charge in [-0.1, -0.05) is 30.3 Å². The molecule has 2 fully saturated rings. The van der Waals surface area contributed by atoms with Gasteiger partial charge in [-0.15, -0.1) is 11.8 Å². The molecular formula is C22H29N3O6S. The SMILES string of the molecule is CN(C)C(=O)CN(C)C(=O)[C@@H](O)[C@@H]1C(=O)N2[C@@H]1SC(C)(C)[C@@H]2C(=O)OCc1ccccc1. The van der Waals surface area contributed by atoms with Crippen molar-refractivity contribution in [3.05, 3.63) is 35.9 Å². The molecule has 3 rings (SSSR count). The van der Waals surface area contributed by atoms with Crippen LogP contribution in [0.3, 0.4) is 0 Å². The Morgan fingerprint density at radius 1 is 1.19 bits per heavy atom. The van der Waals surface area contributed by atoms with Crippen LogP contribution in [-0.2, 0) is 30.5 Å². The largest absolute Gasteiger partial charge is 0.459 e. The van der Waals surface area contributed by atoms with Gasteiger partial charge in [0.25, 0.3) is 5.91 Å². The Morgan fingerprint density at radius 2 is 1.81 bits per heavy atom. The molecule has 0 aromatic heterocycles. The maximum absolute atomic E-state index is 12.9. The Kier molecular flexibility index (Phi) is 6.85. The first-order valence-electron chi connectivity index (χ1n) is 10.3. The molecule has 1 aromatic rings. The summed E-state index contributed by atoms with van der Waals surface area (Å²) < 4.78 is 4.82. The van der Waals surface area contributed by atoms with E-state index in [-0.39, 0.29) is 19.1 Å². The van der Waals surface area contributed by atoms with E-state index in [4.69, 9.17) is 4.74 Å². The van der Waals surface area contributed by atoms with E-state index >= 15 is 0 Å². The van der Waals surface area contributed by atoms with Crippen LogP contribution in [0.15, 0.2) is 30.3 Å². The predicted octanol–water partition coefficient (Wildman–Crippen LogP) is 0.316. The Balaban J connectivity index is 1.67. The summed E-state index contributed by atoms with van der Waals surface area (Å²) in [6.45, 7) is 3.57. The van der Waals surface area contributed by atoms with E-state index in [2.05, 4.69) is 0 Å². The molecule has 9 nitrogen and oxygen atoms in total. The molecule has 32 heavy (non-hydrogen) atoms. The van der Waals surface area contributed by atoms with Gasteiger partial charge in [0.1, 0.15) is 24.7 Å². The van der Waals surface area contributed by atoms with Crippen molar-refractivity contribution in [3.8, 4) is 0 Å². The lowest BCUT2D eigenvalue weighted by Crippen LogP contribution is -2.67. The summed E-state index contributed by atoms with van der Waals surface area (Å²) in [4.78, 5) is 54.1. The minimum absolute atomic E-state index is 0.0961. The number of carbonyl (C=O) groups excluding carboxylic acids is 4. The number of β-lactam (4-membered cyclic amide) rings is 1. The van der Waals surface area contributed by atoms with Crippen molar-refractivity contribution < 1.29 is 29.0 Å². The van der Waals surface area contributed by atoms with E-state index in [0.717, 1.165) is 10.5 Å². The average molecular weight is 464 g/mol. The van der Waals surface area contributed by atoms with Crippen molar-refractivity contribution in [1.29, 1.82) is 0 Å². The molecule has 3 amide bonds. The molecule has 0 aliphatic carbocycles. The number of likely N-dealkylation sites (N-methyl/N-ethyl adjacent to an activating group) is 2. The normalized spacial score (nSPS) is 24.2. The van der Waals surface area contributed by atoms with E-state index in [9.17, 15) is 24.3 Å². The van der Waals surface area contributed by atoms with Gasteiger partial charge in [-0.2, -0.15) is 0 Å². The number of hydrogen-bond donors (Lipinski definition) is 1. The Bertz CT molecular complexity index is 906. The summed E-state index contributed by atoms with van der Waals surface area (Å²) in [5, 5.41) is 10.1. The molecule has 4 atom stereocenters. The molecule has 1 N–H and O–H groups in total. The van der Waals surface area contributed by atoms with Crippen molar-refractivity contribution in [2.24, 2.45) is 5.92 Å². The predicted molar refractivity (Wildman–Crippen MR) is 118 cm³/mol. The van der Waals surface area contributed by atoms with Crippen LogP contribution in [0.25, 0.3) is 0 Å². The molecule has 0 unspecified atom stereocenters. The van der Waals surface area contributed by atoms with Gasteiger partial charge >= 0.3 is 5.97 Å². The first-order chi connectivity index (χ1) is 15.0. The summed E-state index contributed by atoms with van der Waals surface area (Å²) in [5.41, 5.74) is 0.838. The number of amides is 3. The highest BCUT2D eigenvalue weighted by Gasteiger charge is 2.66. The maximum atomic E-state index is 12.9. The van der Waals surface area contributed by atoms with E-state index < -0.39 is 46.0 Å². The molecule has 2 saturated heterocycles. The van der Waals surface area contributed by atoms with Crippen LogP contribution in [0.5, 0.6) is 0 Å². The summed E-state index contributed by atoms with van der Waals surface area (Å²) in [5.74, 6) is -2.97. The van der Waals surface area contributed by atoms with Gasteiger partial charge in [0.05, 0.1) is 11.9 Å². The monoisotopic (exact) mass is 463 g/mol. The van der Waals surface area contributed by atoms with Crippen LogP contribution >= 0.6 is 11.8 Å². The zero-order valence-corrected chi connectivity index (χ0v) is 19.7. The molecule has 0 saturated carbocycles. The van der Waals surface area contributed by atoms with E-state index in [1.807, 2.05) is 44.2 Å². The zero-order valence-electron chi connectivity index (χ0n) is 18.8. The molecule has 2 heterocycles. The van der Waals surface area contributed by atoms with Gasteiger partial charge < -0.3 is 24.5 Å². The topological polar surface area (TPSA) is 107 Å². The van der Waals surface area contributed by atoms with Gasteiger partial charge in [0.15, 0.2) is 0 Å². The molecule has 0 radical (unpaired) electrons. The third kappa shape index (κ3) is 4.47. The van der Waals surface area contributed by atoms with Crippen molar-refractivity contribution in [2.75, 3.05) is 27.7 Å². The first kappa shape index (κ1) is 24.1. The molecule has 2 aliphatic rings. The number of fused-ring (bicyclic) bond motifs is 1. The lowest BCUT2D eigenvalue weighted by atomic mass is 9.87. The van der Waals surface area contributed by atoms with Gasteiger partial charge in [0.2, 0.25) is 11.8 Å². The quantitative estimate of drug-likeness (QED) is 0.458. The fourth-order valence-electron chi connectivity index (χ4n) is 3.92. The lowest BCUT2D eigenvalue weighted by Gasteiger charge is -2.45. The van der Waals surface area contributed by atoms with E-state index in [0.29, 0.717) is 0 Å². The first-order valence-corrected chi connectivity index (χ1v) is 11.2. The van der Waals surface area contributed by atoms with Crippen molar-refractivity contribution in [2.45, 2.75) is 42.7 Å². The van der Waals surface area contributed by atoms with Gasteiger partial charge in [-0.3, -0.25) is 14.4 Å². The number of ether oxygens (including phenoxy) is 1. The third-order valence-corrected chi connectivity index (χ3v) is 7.36. The average Bonchev–Trinajstić information content (AvgIpc) is 2.99. The number of aliphatic hydroxyl groups excluding tert-OH is 1. The molecule has 2 aliphatic heterocycles. The molecule has 0 bridgehead atoms. The van der Waals surface area contributed by atoms with Crippen LogP contribution in [0.4, 0.5) is 0 Å². The number of rotatable bonds is 7. The minimum atomic E-state index is -1.59. The second kappa shape index (κ2) is 9.11. The molecule has 0 spiro atoms. The number of nitrogens with zero attached hydrogens (tertiary/aromatic N) is 3. The fourth-order valence-corrected chi connectivity index (χ4v) is 5.64. The molecule has 1 aromatic carbocycles. The van der Waals surface area contributed by atoms with Gasteiger partial charge in [0, 0.05) is 25.9 Å². The number of carbonyl (C=O) groups is 4. The van der Waals surface area contributed by atoms with E-state index in [1.165, 1.54) is 28.6 Å². The Labute approximate surface area is 191 Å². The number of thioether (sulfide) groups is 1. The third-order valence-electron chi connectivity index (χ3n) is 5.77. The fraction of sp³-hybridized carbons (Fsp3) is 0.545. The Morgan fingerprint density at radius 3 is 2.41 bits per heavy atom. The summed E-state index contributed by atoms with van der Waals surface area (Å²) >= 11 is 1.36. The number of benzene rings is 1. The second-order valence-electron chi connectivity index (χ2n) is 8.81. The van der Waals surface area contributed by atoms with Crippen LogP contribution in [0.2, 0.25) is 0 Å². The molecule has 174 valence electrons. The highest BCUT2D eigenvalue weighted by molar-refractivity contribution is 8.01.